The SMILES string of the molecule is CCOC(=O)C1=C(C)N=c2sc(=Cc3cn(Cc4ccccc4C#N)c4ccccc34)c(=O)n2[C@H]1c1ccc(N(C)C)cc1. The van der Waals surface area contributed by atoms with Crippen LogP contribution in [0, 0.1) is 11.3 Å². The Kier molecular flexibility index (Phi) is 7.77. The molecule has 220 valence electrons. The zero-order valence-corrected chi connectivity index (χ0v) is 25.8. The number of nitrogens with zero attached hydrogens (tertiary/aromatic N) is 5. The lowest BCUT2D eigenvalue weighted by atomic mass is 9.95. The normalized spacial score (nSPS) is 14.7. The van der Waals surface area contributed by atoms with Gasteiger partial charge in [0.1, 0.15) is 0 Å². The minimum Gasteiger partial charge on any atom is -0.463 e. The van der Waals surface area contributed by atoms with E-state index in [-0.39, 0.29) is 12.2 Å². The molecule has 8 nitrogen and oxygen atoms in total. The van der Waals surface area contributed by atoms with Gasteiger partial charge in [-0.1, -0.05) is 59.9 Å². The molecule has 44 heavy (non-hydrogen) atoms. The Morgan fingerprint density at radius 3 is 2.55 bits per heavy atom. The van der Waals surface area contributed by atoms with Crippen molar-refractivity contribution in [2.24, 2.45) is 4.99 Å². The van der Waals surface area contributed by atoms with Gasteiger partial charge in [-0.2, -0.15) is 5.26 Å². The van der Waals surface area contributed by atoms with Crippen LogP contribution < -0.4 is 19.8 Å². The lowest BCUT2D eigenvalue weighted by molar-refractivity contribution is -0.139. The van der Waals surface area contributed by atoms with Crippen LogP contribution in [-0.4, -0.2) is 35.8 Å². The van der Waals surface area contributed by atoms with Crippen LogP contribution in [0.4, 0.5) is 5.69 Å². The second-order valence-electron chi connectivity index (χ2n) is 10.8. The number of carbonyl (C=O) groups is 1. The number of ether oxygens (including phenoxy) is 1. The highest BCUT2D eigenvalue weighted by molar-refractivity contribution is 7.07. The van der Waals surface area contributed by atoms with Gasteiger partial charge in [-0.3, -0.25) is 9.36 Å². The number of thiazole rings is 1. The van der Waals surface area contributed by atoms with Crippen molar-refractivity contribution in [3.8, 4) is 6.07 Å². The van der Waals surface area contributed by atoms with Gasteiger partial charge in [-0.25, -0.2) is 9.79 Å². The van der Waals surface area contributed by atoms with Gasteiger partial charge in [-0.05, 0) is 55.3 Å². The molecule has 0 spiro atoms. The molecule has 3 heterocycles. The van der Waals surface area contributed by atoms with Crippen LogP contribution >= 0.6 is 11.3 Å². The Balaban J connectivity index is 1.51. The number of carbonyl (C=O) groups excluding carboxylic acids is 1. The molecule has 0 amide bonds. The first-order valence-electron chi connectivity index (χ1n) is 14.3. The highest BCUT2D eigenvalue weighted by atomic mass is 32.1. The van der Waals surface area contributed by atoms with E-state index in [9.17, 15) is 14.9 Å². The predicted molar refractivity (Wildman–Crippen MR) is 173 cm³/mol. The molecule has 3 aromatic carbocycles. The lowest BCUT2D eigenvalue weighted by Gasteiger charge is -2.25. The molecule has 2 aromatic heterocycles. The summed E-state index contributed by atoms with van der Waals surface area (Å²) in [5, 5.41) is 10.6. The van der Waals surface area contributed by atoms with Gasteiger partial charge in [0.2, 0.25) is 0 Å². The molecule has 0 saturated carbocycles. The monoisotopic (exact) mass is 601 g/mol. The van der Waals surface area contributed by atoms with Crippen LogP contribution in [-0.2, 0) is 16.1 Å². The Labute approximate surface area is 258 Å². The van der Waals surface area contributed by atoms with Crippen LogP contribution in [0.2, 0.25) is 0 Å². The van der Waals surface area contributed by atoms with Gasteiger partial charge in [0.25, 0.3) is 5.56 Å². The van der Waals surface area contributed by atoms with Gasteiger partial charge in [0.15, 0.2) is 4.80 Å². The average molecular weight is 602 g/mol. The molecule has 0 fully saturated rings. The third-order valence-electron chi connectivity index (χ3n) is 7.83. The fraction of sp³-hybridized carbons (Fsp3) is 0.200. The maximum atomic E-state index is 14.2. The molecule has 0 radical (unpaired) electrons. The molecule has 0 aliphatic carbocycles. The fourth-order valence-electron chi connectivity index (χ4n) is 5.67. The summed E-state index contributed by atoms with van der Waals surface area (Å²) in [6.07, 6.45) is 3.91. The molecule has 0 bridgehead atoms. The molecular formula is C35H31N5O3S. The van der Waals surface area contributed by atoms with E-state index in [0.717, 1.165) is 33.3 Å². The number of anilines is 1. The first kappa shape index (κ1) is 28.9. The van der Waals surface area contributed by atoms with Crippen molar-refractivity contribution in [3.05, 3.63) is 132 Å². The van der Waals surface area contributed by atoms with Crippen molar-refractivity contribution in [1.29, 1.82) is 5.26 Å². The molecule has 0 saturated heterocycles. The maximum absolute atomic E-state index is 14.2. The lowest BCUT2D eigenvalue weighted by Crippen LogP contribution is -2.39. The summed E-state index contributed by atoms with van der Waals surface area (Å²) in [5.74, 6) is -0.481. The van der Waals surface area contributed by atoms with Crippen LogP contribution in [0.5, 0.6) is 0 Å². The van der Waals surface area contributed by atoms with Gasteiger partial charge >= 0.3 is 5.97 Å². The number of hydrogen-bond donors (Lipinski definition) is 0. The van der Waals surface area contributed by atoms with Gasteiger partial charge in [0, 0.05) is 49.0 Å². The molecule has 0 N–H and O–H groups in total. The van der Waals surface area contributed by atoms with Crippen molar-refractivity contribution in [2.45, 2.75) is 26.4 Å². The summed E-state index contributed by atoms with van der Waals surface area (Å²) >= 11 is 1.30. The average Bonchev–Trinajstić information content (AvgIpc) is 3.52. The number of rotatable bonds is 7. The minimum atomic E-state index is -0.674. The number of hydrogen-bond acceptors (Lipinski definition) is 7. The number of benzene rings is 3. The Morgan fingerprint density at radius 2 is 1.82 bits per heavy atom. The van der Waals surface area contributed by atoms with E-state index >= 15 is 0 Å². The number of aromatic nitrogens is 2. The minimum absolute atomic E-state index is 0.217. The molecule has 9 heteroatoms. The summed E-state index contributed by atoms with van der Waals surface area (Å²) in [4.78, 5) is 34.7. The van der Waals surface area contributed by atoms with E-state index in [1.165, 1.54) is 11.3 Å². The number of fused-ring (bicyclic) bond motifs is 2. The van der Waals surface area contributed by atoms with E-state index in [1.807, 2.05) is 104 Å². The van der Waals surface area contributed by atoms with Crippen LogP contribution in [0.1, 0.15) is 42.1 Å². The van der Waals surface area contributed by atoms with E-state index in [4.69, 9.17) is 9.73 Å². The second kappa shape index (κ2) is 11.8. The standard InChI is InChI=1S/C35H31N5O3S/c1-5-43-34(42)31-22(2)37-35-40(32(31)23-14-16-27(17-15-23)38(3)4)33(41)30(44-35)18-26-21-39(29-13-9-8-12-28(26)29)20-25-11-7-6-10-24(25)19-36/h6-18,21,32H,5,20H2,1-4H3/t32-/m0/s1. The maximum Gasteiger partial charge on any atom is 0.338 e. The highest BCUT2D eigenvalue weighted by Gasteiger charge is 2.33. The van der Waals surface area contributed by atoms with Gasteiger partial charge < -0.3 is 14.2 Å². The number of para-hydroxylation sites is 1. The molecule has 1 aliphatic heterocycles. The molecule has 6 rings (SSSR count). The van der Waals surface area contributed by atoms with E-state index in [1.54, 1.807) is 18.4 Å². The van der Waals surface area contributed by atoms with Crippen LogP contribution in [0.15, 0.2) is 100 Å². The summed E-state index contributed by atoms with van der Waals surface area (Å²) < 4.78 is 9.66. The molecular weight excluding hydrogens is 570 g/mol. The molecule has 0 unspecified atom stereocenters. The highest BCUT2D eigenvalue weighted by Crippen LogP contribution is 2.32. The largest absolute Gasteiger partial charge is 0.463 e. The molecule has 5 aromatic rings. The van der Waals surface area contributed by atoms with Crippen LogP contribution in [0.3, 0.4) is 0 Å². The number of esters is 1. The molecule has 1 aliphatic rings. The Bertz CT molecular complexity index is 2160. The Hall–Kier alpha value is -5.20. The van der Waals surface area contributed by atoms with Crippen molar-refractivity contribution in [1.82, 2.24) is 9.13 Å². The third-order valence-corrected chi connectivity index (χ3v) is 8.81. The van der Waals surface area contributed by atoms with E-state index in [0.29, 0.717) is 32.7 Å². The van der Waals surface area contributed by atoms with Crippen LogP contribution in [0.25, 0.3) is 17.0 Å². The summed E-state index contributed by atoms with van der Waals surface area (Å²) in [7, 11) is 3.93. The summed E-state index contributed by atoms with van der Waals surface area (Å²) in [6, 6.07) is 25.0. The van der Waals surface area contributed by atoms with Crippen molar-refractivity contribution < 1.29 is 9.53 Å². The fourth-order valence-corrected chi connectivity index (χ4v) is 6.71. The smallest absolute Gasteiger partial charge is 0.338 e. The third kappa shape index (κ3) is 5.14. The van der Waals surface area contributed by atoms with Crippen molar-refractivity contribution in [3.63, 3.8) is 0 Å². The zero-order chi connectivity index (χ0) is 31.0. The van der Waals surface area contributed by atoms with Gasteiger partial charge in [-0.15, -0.1) is 0 Å². The zero-order valence-electron chi connectivity index (χ0n) is 24.9. The topological polar surface area (TPSA) is 92.6 Å². The number of allylic oxidation sites excluding steroid dienone is 1. The summed E-state index contributed by atoms with van der Waals surface area (Å²) in [6.45, 7) is 4.29. The van der Waals surface area contributed by atoms with Crippen molar-refractivity contribution in [2.75, 3.05) is 25.6 Å². The van der Waals surface area contributed by atoms with Gasteiger partial charge in [0.05, 0.1) is 40.1 Å². The van der Waals surface area contributed by atoms with E-state index < -0.39 is 12.0 Å². The Morgan fingerprint density at radius 1 is 1.09 bits per heavy atom. The number of nitriles is 1. The second-order valence-corrected chi connectivity index (χ2v) is 11.8. The first-order valence-corrected chi connectivity index (χ1v) is 15.1. The predicted octanol–water partition coefficient (Wildman–Crippen LogP) is 4.74. The molecule has 1 atom stereocenters. The first-order chi connectivity index (χ1) is 21.3. The van der Waals surface area contributed by atoms with Crippen molar-refractivity contribution >= 4 is 40.0 Å². The summed E-state index contributed by atoms with van der Waals surface area (Å²) in [5.41, 5.74) is 5.91. The quantitative estimate of drug-likeness (QED) is 0.252. The van der Waals surface area contributed by atoms with E-state index in [2.05, 4.69) is 10.6 Å².